The third-order valence-electron chi connectivity index (χ3n) is 10.6. The van der Waals surface area contributed by atoms with Gasteiger partial charge in [-0.1, -0.05) is 0 Å². The topological polar surface area (TPSA) is 569 Å². The fraction of sp³-hybridized carbons (Fsp3) is 0.634. The summed E-state index contributed by atoms with van der Waals surface area (Å²) in [7, 11) is 0. The molecule has 0 aromatic carbocycles. The summed E-state index contributed by atoms with van der Waals surface area (Å²) >= 11 is 0. The fourth-order valence-electron chi connectivity index (χ4n) is 6.56. The number of nitrogens with one attached hydrogen (secondary N) is 11. The maximum atomic E-state index is 13.4. The van der Waals surface area contributed by atoms with Crippen molar-refractivity contribution >= 4 is 88.8 Å². The highest BCUT2D eigenvalue weighted by atomic mass is 16.4. The molecule has 1 aliphatic heterocycles. The lowest BCUT2D eigenvalue weighted by molar-refractivity contribution is -0.142. The lowest BCUT2D eigenvalue weighted by Crippen LogP contribution is -2.61. The van der Waals surface area contributed by atoms with Crippen LogP contribution in [0.4, 0.5) is 0 Å². The van der Waals surface area contributed by atoms with E-state index in [-0.39, 0.29) is 38.2 Å². The van der Waals surface area contributed by atoms with Crippen LogP contribution >= 0.6 is 0 Å². The number of aliphatic hydroxyl groups excluding tert-OH is 2. The molecule has 0 aromatic rings. The third-order valence-corrected chi connectivity index (χ3v) is 10.6. The van der Waals surface area contributed by atoms with Crippen LogP contribution in [0.15, 0.2) is 4.99 Å². The number of hydrogen-bond acceptors (Lipinski definition) is 18. The van der Waals surface area contributed by atoms with Crippen molar-refractivity contribution in [2.24, 2.45) is 27.9 Å². The summed E-state index contributed by atoms with van der Waals surface area (Å²) < 4.78 is 0. The molecule has 420 valence electrons. The Kier molecular flexibility index (Phi) is 28.3. The van der Waals surface area contributed by atoms with E-state index in [2.05, 4.69) is 52.8 Å². The lowest BCUT2D eigenvalue weighted by Gasteiger charge is -2.26. The average Bonchev–Trinajstić information content (AvgIpc) is 3.87. The minimum atomic E-state index is -2.06. The first kappa shape index (κ1) is 64.7. The SMILES string of the molecule is C[C@H](NC(=O)[C@H](CCCN=C(N)N)NC(=O)CNC(=O)[C@H](CC(N)=O)NC(=O)[C@@H]1CCCN1)C(=O)N[C@@H](CO)C(=O)N[C@@H](CC(=O)O)C(=O)N[C@H](C(=O)N[C@@H](C)C(=O)NCC(=O)N[C@@H](CCC(N)=O)C(=O)O)[C@@H](C)O. The second-order valence-electron chi connectivity index (χ2n) is 16.9. The van der Waals surface area contributed by atoms with E-state index < -0.39 is 176 Å². The van der Waals surface area contributed by atoms with E-state index in [1.807, 2.05) is 10.6 Å². The molecule has 75 heavy (non-hydrogen) atoms. The Morgan fingerprint density at radius 3 is 1.64 bits per heavy atom. The van der Waals surface area contributed by atoms with Crippen LogP contribution in [-0.4, -0.2) is 202 Å². The van der Waals surface area contributed by atoms with E-state index in [1.54, 1.807) is 0 Å². The molecule has 0 aromatic heterocycles. The lowest BCUT2D eigenvalue weighted by atomic mass is 10.1. The monoisotopic (exact) mass is 1070 g/mol. The number of amides is 12. The van der Waals surface area contributed by atoms with Gasteiger partial charge in [0.25, 0.3) is 0 Å². The predicted molar refractivity (Wildman–Crippen MR) is 255 cm³/mol. The first-order valence-corrected chi connectivity index (χ1v) is 23.1. The molecule has 1 saturated heterocycles. The van der Waals surface area contributed by atoms with Crippen molar-refractivity contribution in [1.29, 1.82) is 0 Å². The molecule has 0 unspecified atom stereocenters. The Hall–Kier alpha value is -8.27. The Morgan fingerprint density at radius 1 is 0.587 bits per heavy atom. The van der Waals surface area contributed by atoms with Gasteiger partial charge in [0, 0.05) is 13.0 Å². The van der Waals surface area contributed by atoms with Gasteiger partial charge in [0.2, 0.25) is 70.9 Å². The summed E-state index contributed by atoms with van der Waals surface area (Å²) in [6.07, 6.45) is -3.15. The minimum Gasteiger partial charge on any atom is -0.481 e. The maximum absolute atomic E-state index is 13.4. The summed E-state index contributed by atoms with van der Waals surface area (Å²) in [5.41, 5.74) is 21.0. The number of nitrogens with two attached hydrogens (primary N) is 4. The zero-order valence-electron chi connectivity index (χ0n) is 41.2. The van der Waals surface area contributed by atoms with Crippen molar-refractivity contribution in [1.82, 2.24) is 58.5 Å². The van der Waals surface area contributed by atoms with Crippen LogP contribution in [0.5, 0.6) is 0 Å². The molecule has 10 atom stereocenters. The first-order valence-electron chi connectivity index (χ1n) is 23.1. The Bertz CT molecular complexity index is 2130. The molecule has 34 heteroatoms. The predicted octanol–water partition coefficient (Wildman–Crippen LogP) is -11.0. The third kappa shape index (κ3) is 25.3. The molecule has 0 aliphatic carbocycles. The van der Waals surface area contributed by atoms with Gasteiger partial charge in [0.05, 0.1) is 44.7 Å². The average molecular weight is 1070 g/mol. The van der Waals surface area contributed by atoms with Crippen LogP contribution in [-0.2, 0) is 67.1 Å². The molecule has 0 bridgehead atoms. The number of carbonyl (C=O) groups is 14. The fourth-order valence-corrected chi connectivity index (χ4v) is 6.56. The van der Waals surface area contributed by atoms with E-state index in [9.17, 15) is 87.5 Å². The summed E-state index contributed by atoms with van der Waals surface area (Å²) in [6.45, 7) is 1.06. The van der Waals surface area contributed by atoms with Crippen molar-refractivity contribution in [3.05, 3.63) is 0 Å². The molecule has 1 rings (SSSR count). The number of hydrogen-bond donors (Lipinski definition) is 19. The van der Waals surface area contributed by atoms with E-state index in [4.69, 9.17) is 22.9 Å². The second kappa shape index (κ2) is 32.7. The number of aliphatic imine (C=N–C) groups is 1. The summed E-state index contributed by atoms with van der Waals surface area (Å²) in [6, 6.07) is -14.0. The van der Waals surface area contributed by atoms with Crippen molar-refractivity contribution < 1.29 is 87.5 Å². The first-order chi connectivity index (χ1) is 35.1. The highest BCUT2D eigenvalue weighted by Crippen LogP contribution is 2.07. The number of guanidine groups is 1. The van der Waals surface area contributed by atoms with E-state index in [1.165, 1.54) is 0 Å². The summed E-state index contributed by atoms with van der Waals surface area (Å²) in [5.74, 6) is -15.8. The van der Waals surface area contributed by atoms with Crippen LogP contribution in [0, 0.1) is 0 Å². The zero-order chi connectivity index (χ0) is 57.1. The highest BCUT2D eigenvalue weighted by molar-refractivity contribution is 5.99. The molecule has 1 heterocycles. The van der Waals surface area contributed by atoms with E-state index in [0.29, 0.717) is 19.4 Å². The Balaban J connectivity index is 3.02. The van der Waals surface area contributed by atoms with Crippen molar-refractivity contribution in [2.75, 3.05) is 32.8 Å². The zero-order valence-corrected chi connectivity index (χ0v) is 41.2. The molecule has 12 amide bonds. The maximum Gasteiger partial charge on any atom is 0.326 e. The number of rotatable bonds is 34. The molecule has 1 aliphatic rings. The van der Waals surface area contributed by atoms with Gasteiger partial charge < -0.3 is 102 Å². The number of primary amides is 2. The molecule has 1 fully saturated rings. The van der Waals surface area contributed by atoms with Gasteiger partial charge in [0.1, 0.15) is 48.3 Å². The Labute approximate surface area is 427 Å². The number of aliphatic hydroxyl groups is 2. The number of carbonyl (C=O) groups excluding carboxylic acids is 12. The molecule has 0 spiro atoms. The van der Waals surface area contributed by atoms with E-state index >= 15 is 0 Å². The van der Waals surface area contributed by atoms with Crippen LogP contribution in [0.1, 0.15) is 72.1 Å². The number of carboxylic acid groups (broad SMARTS) is 2. The minimum absolute atomic E-state index is 0.0230. The number of aliphatic carboxylic acids is 2. The largest absolute Gasteiger partial charge is 0.481 e. The standard InChI is InChI=1S/C41H68N16O18/c1-17(32(66)48-14-29(63)53-22(40(74)75)8-9-26(42)60)51-39(73)31(19(3)59)57-37(71)24(13-30(64)65)55-38(72)25(16-58)56-33(67)18(2)50-36(70)21(7-5-11-47-41(44)45)52-28(62)15-49-34(68)23(12-27(43)61)54-35(69)20-6-4-10-46-20/h17-25,31,46,58-59H,4-16H2,1-3H3,(H2,42,60)(H2,43,61)(H,48,66)(H,49,68)(H,50,70)(H,51,73)(H,52,62)(H,53,63)(H,54,69)(H,55,72)(H,56,67)(H,57,71)(H,64,65)(H,74,75)(H4,44,45,47)/t17-,18-,19+,20-,21-,22-,23-,24-,25-,31-/m0/s1. The second-order valence-corrected chi connectivity index (χ2v) is 16.9. The van der Waals surface area contributed by atoms with Crippen LogP contribution in [0.25, 0.3) is 0 Å². The van der Waals surface area contributed by atoms with Crippen LogP contribution < -0.4 is 81.4 Å². The van der Waals surface area contributed by atoms with Gasteiger partial charge in [0.15, 0.2) is 5.96 Å². The quantitative estimate of drug-likeness (QED) is 0.0162. The smallest absolute Gasteiger partial charge is 0.326 e. The van der Waals surface area contributed by atoms with Crippen molar-refractivity contribution in [3.63, 3.8) is 0 Å². The number of carboxylic acids is 2. The normalized spacial score (nSPS) is 16.3. The summed E-state index contributed by atoms with van der Waals surface area (Å²) in [5, 5.41) is 63.9. The molecule has 23 N–H and O–H groups in total. The van der Waals surface area contributed by atoms with E-state index in [0.717, 1.165) is 20.8 Å². The van der Waals surface area contributed by atoms with Gasteiger partial charge in [-0.2, -0.15) is 0 Å². The van der Waals surface area contributed by atoms with Crippen molar-refractivity contribution in [3.8, 4) is 0 Å². The highest BCUT2D eigenvalue weighted by Gasteiger charge is 2.35. The van der Waals surface area contributed by atoms with Gasteiger partial charge >= 0.3 is 11.9 Å². The van der Waals surface area contributed by atoms with Gasteiger partial charge in [-0.25, -0.2) is 4.79 Å². The molecular formula is C41H68N16O18. The number of nitrogens with zero attached hydrogens (tertiary/aromatic N) is 1. The summed E-state index contributed by atoms with van der Waals surface area (Å²) in [4.78, 5) is 179. The van der Waals surface area contributed by atoms with Crippen LogP contribution in [0.3, 0.4) is 0 Å². The Morgan fingerprint density at radius 2 is 1.12 bits per heavy atom. The van der Waals surface area contributed by atoms with Gasteiger partial charge in [-0.05, 0) is 59.4 Å². The molecule has 0 saturated carbocycles. The molecule has 0 radical (unpaired) electrons. The van der Waals surface area contributed by atoms with Crippen LogP contribution in [0.2, 0.25) is 0 Å². The molecular weight excluding hydrogens is 1000 g/mol. The van der Waals surface area contributed by atoms with Gasteiger partial charge in [-0.3, -0.25) is 67.3 Å². The van der Waals surface area contributed by atoms with Crippen molar-refractivity contribution in [2.45, 2.75) is 133 Å². The molecule has 34 nitrogen and oxygen atoms in total. The van der Waals surface area contributed by atoms with Gasteiger partial charge in [-0.15, -0.1) is 0 Å².